The van der Waals surface area contributed by atoms with Crippen LogP contribution in [0.3, 0.4) is 0 Å². The summed E-state index contributed by atoms with van der Waals surface area (Å²) in [5.74, 6) is 0. The van der Waals surface area contributed by atoms with Crippen LogP contribution in [0, 0.1) is 0 Å². The molecule has 1 saturated heterocycles. The molecule has 0 radical (unpaired) electrons. The van der Waals surface area contributed by atoms with Gasteiger partial charge in [0.05, 0.1) is 59.5 Å². The molecule has 0 aromatic carbocycles. The highest BCUT2D eigenvalue weighted by atomic mass is 28.4. The van der Waals surface area contributed by atoms with Crippen LogP contribution in [-0.4, -0.2) is 113 Å². The van der Waals surface area contributed by atoms with E-state index in [-0.39, 0.29) is 6.61 Å². The molecule has 1 unspecified atom stereocenters. The lowest BCUT2D eigenvalue weighted by Crippen LogP contribution is -2.46. The summed E-state index contributed by atoms with van der Waals surface area (Å²) in [4.78, 5) is 12.1. The highest BCUT2D eigenvalue weighted by Crippen LogP contribution is 2.17. The van der Waals surface area contributed by atoms with Crippen molar-refractivity contribution in [1.29, 1.82) is 0 Å². The fraction of sp³-hybridized carbons (Fsp3) is 0.952. The Morgan fingerprint density at radius 3 is 1.88 bits per heavy atom. The molecule has 0 aromatic rings. The summed E-state index contributed by atoms with van der Waals surface area (Å²) in [5, 5.41) is 2.75. The van der Waals surface area contributed by atoms with E-state index in [1.165, 1.54) is 0 Å². The molecule has 0 saturated carbocycles. The van der Waals surface area contributed by atoms with Gasteiger partial charge in [0.2, 0.25) is 0 Å². The minimum Gasteiger partial charge on any atom is -0.447 e. The van der Waals surface area contributed by atoms with E-state index in [0.717, 1.165) is 0 Å². The Balaban J connectivity index is 2.33. The third kappa shape index (κ3) is 15.6. The lowest BCUT2D eigenvalue weighted by atomic mass is 10.4. The molecule has 1 N–H and O–H groups in total. The van der Waals surface area contributed by atoms with E-state index in [4.69, 9.17) is 41.7 Å². The molecule has 11 nitrogen and oxygen atoms in total. The van der Waals surface area contributed by atoms with E-state index < -0.39 is 21.0 Å². The van der Waals surface area contributed by atoms with Gasteiger partial charge in [0.25, 0.3) is 0 Å². The zero-order chi connectivity index (χ0) is 24.0. The zero-order valence-corrected chi connectivity index (χ0v) is 21.5. The van der Waals surface area contributed by atoms with Gasteiger partial charge in [0, 0.05) is 32.4 Å². The van der Waals surface area contributed by atoms with Crippen LogP contribution in [0.15, 0.2) is 0 Å². The summed E-state index contributed by atoms with van der Waals surface area (Å²) < 4.78 is 50.3. The first-order valence-electron chi connectivity index (χ1n) is 11.9. The minimum absolute atomic E-state index is 0.0747. The Kier molecular flexibility index (Phi) is 18.8. The normalized spacial score (nSPS) is 19.9. The molecule has 0 aromatic heterocycles. The number of carbonyl (C=O) groups excluding carboxylic acids is 1. The fourth-order valence-electron chi connectivity index (χ4n) is 3.01. The number of rotatable bonds is 12. The third-order valence-corrected chi connectivity index (χ3v) is 7.57. The summed E-state index contributed by atoms with van der Waals surface area (Å²) in [6.45, 7) is 11.8. The number of ether oxygens (including phenoxy) is 6. The van der Waals surface area contributed by atoms with Crippen LogP contribution >= 0.6 is 0 Å². The molecule has 0 spiro atoms. The zero-order valence-electron chi connectivity index (χ0n) is 20.5. The first-order valence-corrected chi connectivity index (χ1v) is 13.8. The second kappa shape index (κ2) is 20.5. The summed E-state index contributed by atoms with van der Waals surface area (Å²) in [6, 6.07) is 0.621. The molecule has 0 bridgehead atoms. The maximum absolute atomic E-state index is 12.1. The van der Waals surface area contributed by atoms with Gasteiger partial charge in [-0.25, -0.2) is 4.79 Å². The van der Waals surface area contributed by atoms with Gasteiger partial charge in [-0.3, -0.25) is 0 Å². The van der Waals surface area contributed by atoms with Crippen molar-refractivity contribution in [3.8, 4) is 0 Å². The number of amides is 1. The third-order valence-electron chi connectivity index (χ3n) is 4.42. The highest BCUT2D eigenvalue weighted by molar-refractivity contribution is 6.60. The summed E-state index contributed by atoms with van der Waals surface area (Å²) in [7, 11) is -2.71. The Hall–Kier alpha value is -0.833. The first kappa shape index (κ1) is 30.2. The Labute approximate surface area is 199 Å². The van der Waals surface area contributed by atoms with Crippen molar-refractivity contribution < 1.29 is 46.5 Å². The van der Waals surface area contributed by atoms with Gasteiger partial charge < -0.3 is 47.0 Å². The first-order chi connectivity index (χ1) is 16.2. The van der Waals surface area contributed by atoms with Gasteiger partial charge in [-0.1, -0.05) is 0 Å². The Morgan fingerprint density at radius 2 is 1.33 bits per heavy atom. The number of hydrogen-bond acceptors (Lipinski definition) is 10. The maximum Gasteiger partial charge on any atom is 0.500 e. The van der Waals surface area contributed by atoms with Gasteiger partial charge >= 0.3 is 14.9 Å². The predicted molar refractivity (Wildman–Crippen MR) is 122 cm³/mol. The van der Waals surface area contributed by atoms with Crippen molar-refractivity contribution in [3.63, 3.8) is 0 Å². The van der Waals surface area contributed by atoms with Gasteiger partial charge in [-0.05, 0) is 27.2 Å². The molecule has 196 valence electrons. The lowest BCUT2D eigenvalue weighted by molar-refractivity contribution is -0.0663. The van der Waals surface area contributed by atoms with Crippen LogP contribution in [-0.2, 0) is 41.7 Å². The molecule has 1 rings (SSSR count). The van der Waals surface area contributed by atoms with E-state index in [9.17, 15) is 4.79 Å². The van der Waals surface area contributed by atoms with E-state index in [1.807, 2.05) is 20.8 Å². The van der Waals surface area contributed by atoms with Gasteiger partial charge in [0.15, 0.2) is 0 Å². The second-order valence-corrected chi connectivity index (χ2v) is 9.75. The number of carbonyl (C=O) groups is 1. The molecule has 1 fully saturated rings. The standard InChI is InChI=1S/C21H43NO10Si/c1-4-30-33(31-5-2,32-6-3)17-7-8-22-21(23)29-19-20-18-27-14-13-25-10-9-24-11-12-26-15-16-28-20/h20H,4-19H2,1-3H3,(H,22,23). The SMILES string of the molecule is CCO[Si](CCCNC(=O)OCC1COCCOCCOCCOCCO1)(OCC)OCC. The molecule has 1 aliphatic rings. The number of nitrogens with one attached hydrogen (secondary N) is 1. The minimum atomic E-state index is -2.71. The van der Waals surface area contributed by atoms with Crippen LogP contribution in [0.2, 0.25) is 6.04 Å². The number of hydrogen-bond donors (Lipinski definition) is 1. The molecule has 0 aliphatic carbocycles. The van der Waals surface area contributed by atoms with E-state index in [2.05, 4.69) is 5.32 Å². The van der Waals surface area contributed by atoms with Crippen molar-refractivity contribution in [2.24, 2.45) is 0 Å². The smallest absolute Gasteiger partial charge is 0.447 e. The van der Waals surface area contributed by atoms with Crippen LogP contribution < -0.4 is 5.32 Å². The molecule has 1 amide bonds. The largest absolute Gasteiger partial charge is 0.500 e. The van der Waals surface area contributed by atoms with Crippen LogP contribution in [0.4, 0.5) is 4.79 Å². The van der Waals surface area contributed by atoms with Crippen LogP contribution in [0.5, 0.6) is 0 Å². The molecule has 12 heteroatoms. The van der Waals surface area contributed by atoms with Crippen molar-refractivity contribution in [2.75, 3.05) is 92.4 Å². The van der Waals surface area contributed by atoms with E-state index in [1.54, 1.807) is 0 Å². The van der Waals surface area contributed by atoms with Crippen molar-refractivity contribution >= 4 is 14.9 Å². The topological polar surface area (TPSA) is 112 Å². The predicted octanol–water partition coefficient (Wildman–Crippen LogP) is 1.62. The Morgan fingerprint density at radius 1 is 0.818 bits per heavy atom. The second-order valence-electron chi connectivity index (χ2n) is 7.02. The summed E-state index contributed by atoms with van der Waals surface area (Å²) in [6.07, 6.45) is -0.247. The van der Waals surface area contributed by atoms with Crippen LogP contribution in [0.1, 0.15) is 27.2 Å². The fourth-order valence-corrected chi connectivity index (χ4v) is 5.62. The van der Waals surface area contributed by atoms with Gasteiger partial charge in [0.1, 0.15) is 12.7 Å². The average Bonchev–Trinajstić information content (AvgIpc) is 2.81. The van der Waals surface area contributed by atoms with Crippen molar-refractivity contribution in [1.82, 2.24) is 5.32 Å². The lowest BCUT2D eigenvalue weighted by Gasteiger charge is -2.28. The van der Waals surface area contributed by atoms with Gasteiger partial charge in [-0.15, -0.1) is 0 Å². The van der Waals surface area contributed by atoms with E-state index >= 15 is 0 Å². The molecule has 33 heavy (non-hydrogen) atoms. The monoisotopic (exact) mass is 497 g/mol. The highest BCUT2D eigenvalue weighted by Gasteiger charge is 2.39. The quantitative estimate of drug-likeness (QED) is 0.315. The van der Waals surface area contributed by atoms with Crippen molar-refractivity contribution in [2.45, 2.75) is 39.3 Å². The molecular formula is C21H43NO10Si. The molecule has 1 aliphatic heterocycles. The molecule has 1 heterocycles. The molecular weight excluding hydrogens is 454 g/mol. The summed E-state index contributed by atoms with van der Waals surface area (Å²) >= 11 is 0. The van der Waals surface area contributed by atoms with E-state index in [0.29, 0.717) is 98.3 Å². The molecule has 1 atom stereocenters. The number of alkyl carbamates (subject to hydrolysis) is 1. The van der Waals surface area contributed by atoms with Crippen molar-refractivity contribution in [3.05, 3.63) is 0 Å². The van der Waals surface area contributed by atoms with Gasteiger partial charge in [-0.2, -0.15) is 0 Å². The maximum atomic E-state index is 12.1. The summed E-state index contributed by atoms with van der Waals surface area (Å²) in [5.41, 5.74) is 0. The Bertz CT molecular complexity index is 441. The van der Waals surface area contributed by atoms with Crippen LogP contribution in [0.25, 0.3) is 0 Å². The average molecular weight is 498 g/mol.